The lowest BCUT2D eigenvalue weighted by atomic mass is 10.1. The summed E-state index contributed by atoms with van der Waals surface area (Å²) in [7, 11) is -1.75. The van der Waals surface area contributed by atoms with Crippen molar-refractivity contribution < 1.29 is 8.42 Å². The summed E-state index contributed by atoms with van der Waals surface area (Å²) in [5.74, 6) is 0. The van der Waals surface area contributed by atoms with Crippen LogP contribution in [0.15, 0.2) is 59.5 Å². The molecule has 2 aromatic carbocycles. The number of hydrogen-bond donors (Lipinski definition) is 1. The maximum atomic E-state index is 12.5. The van der Waals surface area contributed by atoms with Crippen molar-refractivity contribution in [3.05, 3.63) is 65.2 Å². The molecule has 0 amide bonds. The Morgan fingerprint density at radius 1 is 1.16 bits per heavy atom. The topological polar surface area (TPSA) is 73.2 Å². The predicted molar refractivity (Wildman–Crippen MR) is 98.7 cm³/mol. The van der Waals surface area contributed by atoms with Gasteiger partial charge >= 0.3 is 0 Å². The molecule has 132 valence electrons. The lowest BCUT2D eigenvalue weighted by molar-refractivity contribution is 0.251. The molecule has 0 aliphatic heterocycles. The van der Waals surface area contributed by atoms with Crippen LogP contribution in [0.25, 0.3) is 0 Å². The van der Waals surface area contributed by atoms with Crippen molar-refractivity contribution in [2.24, 2.45) is 0 Å². The number of benzene rings is 2. The molecule has 0 spiro atoms. The van der Waals surface area contributed by atoms with Gasteiger partial charge < -0.3 is 0 Å². The van der Waals surface area contributed by atoms with Crippen molar-refractivity contribution in [3.8, 4) is 6.07 Å². The van der Waals surface area contributed by atoms with Crippen LogP contribution in [0.5, 0.6) is 0 Å². The van der Waals surface area contributed by atoms with E-state index < -0.39 is 10.0 Å². The number of nitrogens with zero attached hydrogens (tertiary/aromatic N) is 2. The number of rotatable bonds is 8. The Morgan fingerprint density at radius 2 is 1.80 bits per heavy atom. The number of likely N-dealkylation sites (N-methyl/N-ethyl adjacent to an activating group) is 1. The predicted octanol–water partition coefficient (Wildman–Crippen LogP) is 3.21. The largest absolute Gasteiger partial charge is 0.297 e. The van der Waals surface area contributed by atoms with Gasteiger partial charge in [-0.05, 0) is 36.9 Å². The summed E-state index contributed by atoms with van der Waals surface area (Å²) in [6, 6.07) is 17.6. The molecule has 1 atom stereocenters. The zero-order chi connectivity index (χ0) is 18.3. The molecule has 0 unspecified atom stereocenters. The fraction of sp³-hybridized carbons (Fsp3) is 0.278. The summed E-state index contributed by atoms with van der Waals surface area (Å²) < 4.78 is 27.6. The zero-order valence-electron chi connectivity index (χ0n) is 13.9. The number of nitriles is 1. The highest BCUT2D eigenvalue weighted by Crippen LogP contribution is 2.20. The van der Waals surface area contributed by atoms with Crippen LogP contribution in [0, 0.1) is 11.3 Å². The third-order valence-corrected chi connectivity index (χ3v) is 5.57. The van der Waals surface area contributed by atoms with Crippen LogP contribution in [-0.2, 0) is 10.0 Å². The van der Waals surface area contributed by atoms with Crippen molar-refractivity contribution in [3.63, 3.8) is 0 Å². The van der Waals surface area contributed by atoms with Gasteiger partial charge in [-0.3, -0.25) is 4.90 Å². The Hall–Kier alpha value is -1.91. The highest BCUT2D eigenvalue weighted by atomic mass is 35.5. The third kappa shape index (κ3) is 5.55. The minimum absolute atomic E-state index is 0.170. The van der Waals surface area contributed by atoms with Crippen molar-refractivity contribution in [1.82, 2.24) is 9.62 Å². The van der Waals surface area contributed by atoms with Gasteiger partial charge in [-0.15, -0.1) is 0 Å². The molecule has 0 saturated heterocycles. The molecule has 25 heavy (non-hydrogen) atoms. The quantitative estimate of drug-likeness (QED) is 0.766. The van der Waals surface area contributed by atoms with Crippen LogP contribution < -0.4 is 4.72 Å². The van der Waals surface area contributed by atoms with E-state index >= 15 is 0 Å². The lowest BCUT2D eigenvalue weighted by Crippen LogP contribution is -2.36. The highest BCUT2D eigenvalue weighted by molar-refractivity contribution is 7.89. The molecule has 5 nitrogen and oxygen atoms in total. The first-order valence-electron chi connectivity index (χ1n) is 7.81. The summed E-state index contributed by atoms with van der Waals surface area (Å²) >= 11 is 5.81. The van der Waals surface area contributed by atoms with Gasteiger partial charge in [-0.1, -0.05) is 41.9 Å². The molecule has 0 aromatic heterocycles. The van der Waals surface area contributed by atoms with E-state index in [1.165, 1.54) is 12.1 Å². The van der Waals surface area contributed by atoms with E-state index in [-0.39, 0.29) is 17.5 Å². The fourth-order valence-electron chi connectivity index (χ4n) is 2.47. The highest BCUT2D eigenvalue weighted by Gasteiger charge is 2.21. The summed E-state index contributed by atoms with van der Waals surface area (Å²) in [6.07, 6.45) is 0.379. The van der Waals surface area contributed by atoms with Gasteiger partial charge in [-0.2, -0.15) is 5.26 Å². The van der Waals surface area contributed by atoms with Crippen LogP contribution in [0.2, 0.25) is 5.02 Å². The normalized spacial score (nSPS) is 12.7. The average molecular weight is 378 g/mol. The van der Waals surface area contributed by atoms with Crippen LogP contribution in [-0.4, -0.2) is 33.5 Å². The Labute approximate surface area is 153 Å². The fourth-order valence-corrected chi connectivity index (χ4v) is 3.64. The van der Waals surface area contributed by atoms with Crippen molar-refractivity contribution in [2.75, 3.05) is 20.1 Å². The Kier molecular flexibility index (Phi) is 6.97. The van der Waals surface area contributed by atoms with Crippen molar-refractivity contribution >= 4 is 21.6 Å². The number of sulfonamides is 1. The number of nitrogens with one attached hydrogen (secondary N) is 1. The minimum atomic E-state index is -3.63. The standard InChI is InChI=1S/C18H20ClN3O2S/c1-22(13-5-12-20)18(15-6-3-2-4-7-15)14-21-25(23,24)17-10-8-16(19)9-11-17/h2-4,6-11,18,21H,5,13-14H2,1H3/t18-/m0/s1. The first-order chi connectivity index (χ1) is 11.9. The number of halogens is 1. The molecule has 0 fully saturated rings. The second kappa shape index (κ2) is 8.97. The van der Waals surface area contributed by atoms with Gasteiger partial charge in [0.2, 0.25) is 10.0 Å². The number of hydrogen-bond acceptors (Lipinski definition) is 4. The maximum Gasteiger partial charge on any atom is 0.240 e. The van der Waals surface area contributed by atoms with Gasteiger partial charge in [0.1, 0.15) is 0 Å². The van der Waals surface area contributed by atoms with Gasteiger partial charge in [0.25, 0.3) is 0 Å². The molecule has 2 rings (SSSR count). The summed E-state index contributed by atoms with van der Waals surface area (Å²) in [5.41, 5.74) is 0.988. The van der Waals surface area contributed by atoms with Crippen LogP contribution in [0.3, 0.4) is 0 Å². The summed E-state index contributed by atoms with van der Waals surface area (Å²) in [5, 5.41) is 9.28. The summed E-state index contributed by atoms with van der Waals surface area (Å²) in [4.78, 5) is 2.14. The molecular formula is C18H20ClN3O2S. The molecule has 0 aliphatic carbocycles. The molecule has 7 heteroatoms. The van der Waals surface area contributed by atoms with E-state index in [0.29, 0.717) is 18.0 Å². The van der Waals surface area contributed by atoms with Crippen LogP contribution in [0.4, 0.5) is 0 Å². The van der Waals surface area contributed by atoms with E-state index in [1.807, 2.05) is 42.3 Å². The molecule has 0 radical (unpaired) electrons. The van der Waals surface area contributed by atoms with E-state index in [9.17, 15) is 8.42 Å². The molecule has 0 bridgehead atoms. The average Bonchev–Trinajstić information content (AvgIpc) is 2.61. The minimum Gasteiger partial charge on any atom is -0.297 e. The molecule has 1 N–H and O–H groups in total. The second-order valence-electron chi connectivity index (χ2n) is 5.62. The molecule has 2 aromatic rings. The first-order valence-corrected chi connectivity index (χ1v) is 9.67. The monoisotopic (exact) mass is 377 g/mol. The zero-order valence-corrected chi connectivity index (χ0v) is 15.5. The molecule has 0 heterocycles. The van der Waals surface area contributed by atoms with Crippen LogP contribution in [0.1, 0.15) is 18.0 Å². The maximum absolute atomic E-state index is 12.5. The van der Waals surface area contributed by atoms with Crippen molar-refractivity contribution in [2.45, 2.75) is 17.4 Å². The van der Waals surface area contributed by atoms with Gasteiger partial charge in [0, 0.05) is 30.6 Å². The Balaban J connectivity index is 2.16. The lowest BCUT2D eigenvalue weighted by Gasteiger charge is -2.28. The third-order valence-electron chi connectivity index (χ3n) is 3.88. The van der Waals surface area contributed by atoms with Gasteiger partial charge in [0.15, 0.2) is 0 Å². The van der Waals surface area contributed by atoms with E-state index in [2.05, 4.69) is 10.8 Å². The Morgan fingerprint density at radius 3 is 2.40 bits per heavy atom. The van der Waals surface area contributed by atoms with E-state index in [0.717, 1.165) is 5.56 Å². The van der Waals surface area contributed by atoms with E-state index in [1.54, 1.807) is 12.1 Å². The van der Waals surface area contributed by atoms with Gasteiger partial charge in [-0.25, -0.2) is 13.1 Å². The van der Waals surface area contributed by atoms with E-state index in [4.69, 9.17) is 16.9 Å². The SMILES string of the molecule is CN(CCC#N)[C@@H](CNS(=O)(=O)c1ccc(Cl)cc1)c1ccccc1. The second-order valence-corrected chi connectivity index (χ2v) is 7.82. The smallest absolute Gasteiger partial charge is 0.240 e. The van der Waals surface area contributed by atoms with Gasteiger partial charge in [0.05, 0.1) is 11.0 Å². The molecule has 0 saturated carbocycles. The first kappa shape index (κ1) is 19.4. The molecule has 0 aliphatic rings. The van der Waals surface area contributed by atoms with Crippen LogP contribution >= 0.6 is 11.6 Å². The Bertz CT molecular complexity index is 818. The molecular weight excluding hydrogens is 358 g/mol. The summed E-state index contributed by atoms with van der Waals surface area (Å²) in [6.45, 7) is 0.760. The van der Waals surface area contributed by atoms with Crippen molar-refractivity contribution in [1.29, 1.82) is 5.26 Å².